The first-order chi connectivity index (χ1) is 11.3. The van der Waals surface area contributed by atoms with Crippen molar-refractivity contribution in [2.75, 3.05) is 32.7 Å². The van der Waals surface area contributed by atoms with Crippen LogP contribution in [0.2, 0.25) is 0 Å². The van der Waals surface area contributed by atoms with Crippen LogP contribution in [0, 0.1) is 0 Å². The van der Waals surface area contributed by atoms with E-state index in [1.165, 1.54) is 6.42 Å². The minimum absolute atomic E-state index is 0. The molecule has 7 heteroatoms. The van der Waals surface area contributed by atoms with E-state index in [2.05, 4.69) is 46.3 Å². The minimum Gasteiger partial charge on any atom is -0.359 e. The molecule has 0 spiro atoms. The second kappa shape index (κ2) is 9.41. The Hall–Kier alpha value is -1.09. The molecule has 0 amide bonds. The van der Waals surface area contributed by atoms with Gasteiger partial charge in [0.15, 0.2) is 11.7 Å². The highest BCUT2D eigenvalue weighted by Gasteiger charge is 2.29. The van der Waals surface area contributed by atoms with Gasteiger partial charge in [0, 0.05) is 44.8 Å². The number of nitrogens with zero attached hydrogens (tertiary/aromatic N) is 4. The molecule has 6 nitrogen and oxygen atoms in total. The molecule has 1 saturated heterocycles. The second-order valence-electron chi connectivity index (χ2n) is 6.12. The Kier molecular flexibility index (Phi) is 7.54. The number of nitrogens with one attached hydrogen (secondary N) is 1. The van der Waals surface area contributed by atoms with Crippen LogP contribution in [-0.4, -0.2) is 59.7 Å². The van der Waals surface area contributed by atoms with E-state index in [1.807, 2.05) is 6.07 Å². The molecule has 1 aromatic rings. The number of aliphatic imine (C=N–C) groups is 1. The minimum atomic E-state index is 0. The van der Waals surface area contributed by atoms with Crippen molar-refractivity contribution in [2.24, 2.45) is 4.99 Å². The zero-order valence-electron chi connectivity index (χ0n) is 14.6. The van der Waals surface area contributed by atoms with Crippen LogP contribution in [0.15, 0.2) is 27.7 Å². The summed E-state index contributed by atoms with van der Waals surface area (Å²) < 4.78 is 5.33. The summed E-state index contributed by atoms with van der Waals surface area (Å²) in [6.07, 6.45) is 6.62. The van der Waals surface area contributed by atoms with E-state index in [1.54, 1.807) is 0 Å². The van der Waals surface area contributed by atoms with Gasteiger partial charge in [-0.2, -0.15) is 0 Å². The molecule has 0 aromatic carbocycles. The third-order valence-corrected chi connectivity index (χ3v) is 4.52. The summed E-state index contributed by atoms with van der Waals surface area (Å²) in [6.45, 7) is 9.88. The molecule has 2 aliphatic rings. The molecular weight excluding hydrogens is 417 g/mol. The van der Waals surface area contributed by atoms with Gasteiger partial charge >= 0.3 is 0 Å². The fraction of sp³-hybridized carbons (Fsp3) is 0.647. The van der Waals surface area contributed by atoms with Crippen LogP contribution in [-0.2, 0) is 13.0 Å². The summed E-state index contributed by atoms with van der Waals surface area (Å²) in [7, 11) is 0. The average Bonchev–Trinajstić information content (AvgIpc) is 3.32. The van der Waals surface area contributed by atoms with E-state index in [0.29, 0.717) is 12.6 Å². The maximum atomic E-state index is 5.33. The quantitative estimate of drug-likeness (QED) is 0.326. The van der Waals surface area contributed by atoms with Gasteiger partial charge in [0.2, 0.25) is 0 Å². The summed E-state index contributed by atoms with van der Waals surface area (Å²) in [5, 5.41) is 7.44. The largest absolute Gasteiger partial charge is 0.359 e. The van der Waals surface area contributed by atoms with Crippen molar-refractivity contribution in [1.29, 1.82) is 0 Å². The Balaban J connectivity index is 0.00000208. The molecule has 0 saturated carbocycles. The van der Waals surface area contributed by atoms with Crippen molar-refractivity contribution >= 4 is 29.9 Å². The number of aromatic nitrogens is 1. The molecule has 0 bridgehead atoms. The summed E-state index contributed by atoms with van der Waals surface area (Å²) in [6, 6.07) is 2.63. The molecule has 2 aliphatic heterocycles. The summed E-state index contributed by atoms with van der Waals surface area (Å²) in [4.78, 5) is 9.64. The lowest BCUT2D eigenvalue weighted by Gasteiger charge is -2.25. The predicted molar refractivity (Wildman–Crippen MR) is 107 cm³/mol. The molecule has 1 N–H and O–H groups in total. The van der Waals surface area contributed by atoms with Crippen molar-refractivity contribution in [3.8, 4) is 0 Å². The lowest BCUT2D eigenvalue weighted by molar-refractivity contribution is 0.259. The zero-order chi connectivity index (χ0) is 16.1. The van der Waals surface area contributed by atoms with Gasteiger partial charge in [-0.25, -0.2) is 4.99 Å². The number of hydrogen-bond acceptors (Lipinski definition) is 4. The third-order valence-electron chi connectivity index (χ3n) is 4.52. The molecule has 3 rings (SSSR count). The monoisotopic (exact) mass is 445 g/mol. The molecule has 1 aromatic heterocycles. The molecule has 24 heavy (non-hydrogen) atoms. The number of halogens is 1. The highest BCUT2D eigenvalue weighted by Crippen LogP contribution is 2.18. The van der Waals surface area contributed by atoms with Crippen molar-refractivity contribution in [2.45, 2.75) is 39.3 Å². The van der Waals surface area contributed by atoms with Gasteiger partial charge in [-0.15, -0.1) is 24.0 Å². The smallest absolute Gasteiger partial charge is 0.194 e. The van der Waals surface area contributed by atoms with Crippen LogP contribution in [0.5, 0.6) is 0 Å². The molecule has 0 aliphatic carbocycles. The first-order valence-electron chi connectivity index (χ1n) is 8.67. The fourth-order valence-corrected chi connectivity index (χ4v) is 3.20. The number of aryl methyl sites for hydroxylation is 1. The standard InChI is InChI=1S/C17H27N5O.HI/c1-3-14-11-16(23-20-14)12-19-17(18-4-2)22-10-7-15(13-22)21-8-5-6-9-21;/h5-6,11,15H,3-4,7-10,12-13H2,1-2H3,(H,18,19);1H. The van der Waals surface area contributed by atoms with Crippen molar-refractivity contribution in [3.05, 3.63) is 29.7 Å². The van der Waals surface area contributed by atoms with Gasteiger partial charge in [0.1, 0.15) is 6.54 Å². The van der Waals surface area contributed by atoms with Gasteiger partial charge < -0.3 is 14.7 Å². The fourth-order valence-electron chi connectivity index (χ4n) is 3.20. The Bertz CT molecular complexity index is 563. The maximum Gasteiger partial charge on any atom is 0.194 e. The van der Waals surface area contributed by atoms with E-state index < -0.39 is 0 Å². The molecule has 1 unspecified atom stereocenters. The summed E-state index contributed by atoms with van der Waals surface area (Å²) >= 11 is 0. The van der Waals surface area contributed by atoms with Crippen LogP contribution in [0.25, 0.3) is 0 Å². The van der Waals surface area contributed by atoms with Crippen LogP contribution in [0.3, 0.4) is 0 Å². The topological polar surface area (TPSA) is 56.9 Å². The van der Waals surface area contributed by atoms with E-state index in [4.69, 9.17) is 9.52 Å². The van der Waals surface area contributed by atoms with Crippen LogP contribution in [0.4, 0.5) is 0 Å². The van der Waals surface area contributed by atoms with Crippen molar-refractivity contribution < 1.29 is 4.52 Å². The Labute approximate surface area is 161 Å². The molecule has 3 heterocycles. The van der Waals surface area contributed by atoms with E-state index in [0.717, 1.165) is 56.6 Å². The summed E-state index contributed by atoms with van der Waals surface area (Å²) in [5.41, 5.74) is 0.989. The number of likely N-dealkylation sites (tertiary alicyclic amines) is 1. The van der Waals surface area contributed by atoms with Crippen LogP contribution < -0.4 is 5.32 Å². The normalized spacial score (nSPS) is 21.3. The molecule has 1 fully saturated rings. The molecule has 0 radical (unpaired) electrons. The molecular formula is C17H28IN5O. The van der Waals surface area contributed by atoms with Crippen molar-refractivity contribution in [1.82, 2.24) is 20.3 Å². The van der Waals surface area contributed by atoms with Gasteiger partial charge in [0.05, 0.1) is 5.69 Å². The van der Waals surface area contributed by atoms with Crippen LogP contribution >= 0.6 is 24.0 Å². The Morgan fingerprint density at radius 2 is 2.17 bits per heavy atom. The first-order valence-corrected chi connectivity index (χ1v) is 8.67. The zero-order valence-corrected chi connectivity index (χ0v) is 16.9. The highest BCUT2D eigenvalue weighted by atomic mass is 127. The van der Waals surface area contributed by atoms with Gasteiger partial charge in [-0.05, 0) is 19.8 Å². The second-order valence-corrected chi connectivity index (χ2v) is 6.12. The summed E-state index contributed by atoms with van der Waals surface area (Å²) in [5.74, 6) is 1.81. The van der Waals surface area contributed by atoms with Crippen LogP contribution in [0.1, 0.15) is 31.7 Å². The van der Waals surface area contributed by atoms with Gasteiger partial charge in [-0.1, -0.05) is 24.2 Å². The number of guanidine groups is 1. The number of rotatable bonds is 5. The first kappa shape index (κ1) is 19.2. The Morgan fingerprint density at radius 3 is 2.83 bits per heavy atom. The lowest BCUT2D eigenvalue weighted by atomic mass is 10.2. The van der Waals surface area contributed by atoms with Gasteiger partial charge in [-0.3, -0.25) is 4.90 Å². The molecule has 134 valence electrons. The van der Waals surface area contributed by atoms with E-state index >= 15 is 0 Å². The van der Waals surface area contributed by atoms with E-state index in [9.17, 15) is 0 Å². The maximum absolute atomic E-state index is 5.33. The highest BCUT2D eigenvalue weighted by molar-refractivity contribution is 14.0. The molecule has 1 atom stereocenters. The SMILES string of the molecule is CCNC(=NCc1cc(CC)no1)N1CCC(N2CC=CC2)C1.I. The average molecular weight is 445 g/mol. The van der Waals surface area contributed by atoms with Crippen molar-refractivity contribution in [3.63, 3.8) is 0 Å². The Morgan fingerprint density at radius 1 is 1.38 bits per heavy atom. The number of hydrogen-bond donors (Lipinski definition) is 1. The third kappa shape index (κ3) is 4.72. The predicted octanol–water partition coefficient (Wildman–Crippen LogP) is 2.27. The van der Waals surface area contributed by atoms with Gasteiger partial charge in [0.25, 0.3) is 0 Å². The van der Waals surface area contributed by atoms with E-state index in [-0.39, 0.29) is 24.0 Å². The lowest BCUT2D eigenvalue weighted by Crippen LogP contribution is -2.42.